The summed E-state index contributed by atoms with van der Waals surface area (Å²) in [6, 6.07) is 5.37. The van der Waals surface area contributed by atoms with E-state index in [1.165, 1.54) is 6.26 Å². The van der Waals surface area contributed by atoms with Crippen LogP contribution in [0.15, 0.2) is 39.4 Å². The molecule has 1 aromatic heterocycles. The molecule has 0 spiro atoms. The predicted molar refractivity (Wildman–Crippen MR) is 63.9 cm³/mol. The highest BCUT2D eigenvalue weighted by atomic mass is 79.9. The Morgan fingerprint density at radius 1 is 1.33 bits per heavy atom. The van der Waals surface area contributed by atoms with Gasteiger partial charge in [0.05, 0.1) is 12.8 Å². The lowest BCUT2D eigenvalue weighted by atomic mass is 10.2. The van der Waals surface area contributed by atoms with Crippen molar-refractivity contribution in [1.29, 1.82) is 0 Å². The highest BCUT2D eigenvalue weighted by Crippen LogP contribution is 2.19. The van der Waals surface area contributed by atoms with Crippen molar-refractivity contribution in [3.63, 3.8) is 0 Å². The van der Waals surface area contributed by atoms with Crippen LogP contribution in [0.4, 0.5) is 8.78 Å². The van der Waals surface area contributed by atoms with E-state index < -0.39 is 23.1 Å². The second kappa shape index (κ2) is 5.30. The zero-order chi connectivity index (χ0) is 13.1. The maximum atomic E-state index is 13.5. The normalized spacial score (nSPS) is 10.4. The number of nitrogens with one attached hydrogen (secondary N) is 1. The van der Waals surface area contributed by atoms with Crippen LogP contribution in [0.5, 0.6) is 0 Å². The lowest BCUT2D eigenvalue weighted by Gasteiger charge is -2.06. The Labute approximate surface area is 110 Å². The fourth-order valence-corrected chi connectivity index (χ4v) is 1.83. The topological polar surface area (TPSA) is 42.2 Å². The van der Waals surface area contributed by atoms with Crippen molar-refractivity contribution in [1.82, 2.24) is 5.32 Å². The van der Waals surface area contributed by atoms with Gasteiger partial charge in [-0.2, -0.15) is 0 Å². The molecule has 2 rings (SSSR count). The number of halogens is 3. The maximum Gasteiger partial charge on any atom is 0.257 e. The van der Waals surface area contributed by atoms with Crippen LogP contribution in [0.3, 0.4) is 0 Å². The first-order valence-electron chi connectivity index (χ1n) is 5.03. The summed E-state index contributed by atoms with van der Waals surface area (Å²) in [4.78, 5) is 11.6. The molecule has 0 aliphatic heterocycles. The summed E-state index contributed by atoms with van der Waals surface area (Å²) >= 11 is 2.94. The Morgan fingerprint density at radius 2 is 2.00 bits per heavy atom. The summed E-state index contributed by atoms with van der Waals surface area (Å²) in [5.41, 5.74) is -0.607. The Kier molecular flexibility index (Phi) is 3.76. The molecule has 6 heteroatoms. The lowest BCUT2D eigenvalue weighted by Crippen LogP contribution is -2.24. The number of rotatable bonds is 3. The lowest BCUT2D eigenvalue weighted by molar-refractivity contribution is 0.0939. The van der Waals surface area contributed by atoms with Crippen molar-refractivity contribution in [3.05, 3.63) is 58.0 Å². The SMILES string of the molecule is O=C(NCc1ccco1)c1c(F)cc(Br)cc1F. The minimum atomic E-state index is -0.918. The van der Waals surface area contributed by atoms with Gasteiger partial charge in [-0.1, -0.05) is 15.9 Å². The second-order valence-corrected chi connectivity index (χ2v) is 4.42. The van der Waals surface area contributed by atoms with Gasteiger partial charge in [0.25, 0.3) is 5.91 Å². The molecule has 0 saturated carbocycles. The van der Waals surface area contributed by atoms with Gasteiger partial charge in [0.2, 0.25) is 0 Å². The van der Waals surface area contributed by atoms with E-state index in [4.69, 9.17) is 4.42 Å². The summed E-state index contributed by atoms with van der Waals surface area (Å²) in [5, 5.41) is 2.37. The molecule has 0 aliphatic rings. The molecule has 0 atom stereocenters. The summed E-state index contributed by atoms with van der Waals surface area (Å²) in [5.74, 6) is -2.16. The van der Waals surface area contributed by atoms with E-state index in [9.17, 15) is 13.6 Å². The van der Waals surface area contributed by atoms with E-state index in [0.717, 1.165) is 12.1 Å². The third-order valence-electron chi connectivity index (χ3n) is 2.24. The largest absolute Gasteiger partial charge is 0.467 e. The first kappa shape index (κ1) is 12.8. The highest BCUT2D eigenvalue weighted by molar-refractivity contribution is 9.10. The van der Waals surface area contributed by atoms with Crippen LogP contribution >= 0.6 is 15.9 Å². The highest BCUT2D eigenvalue weighted by Gasteiger charge is 2.18. The number of furan rings is 1. The van der Waals surface area contributed by atoms with Crippen LogP contribution in [-0.4, -0.2) is 5.91 Å². The van der Waals surface area contributed by atoms with E-state index >= 15 is 0 Å². The number of carbonyl (C=O) groups is 1. The molecule has 94 valence electrons. The monoisotopic (exact) mass is 315 g/mol. The average molecular weight is 316 g/mol. The first-order chi connectivity index (χ1) is 8.58. The van der Waals surface area contributed by atoms with Crippen molar-refractivity contribution >= 4 is 21.8 Å². The fraction of sp³-hybridized carbons (Fsp3) is 0.0833. The Bertz CT molecular complexity index is 546. The molecular weight excluding hydrogens is 308 g/mol. The average Bonchev–Trinajstić information content (AvgIpc) is 2.77. The molecule has 0 bridgehead atoms. The molecule has 18 heavy (non-hydrogen) atoms. The van der Waals surface area contributed by atoms with Crippen LogP contribution in [0, 0.1) is 11.6 Å². The van der Waals surface area contributed by atoms with Gasteiger partial charge in [-0.25, -0.2) is 8.78 Å². The van der Waals surface area contributed by atoms with Gasteiger partial charge in [0.1, 0.15) is 23.0 Å². The summed E-state index contributed by atoms with van der Waals surface area (Å²) in [7, 11) is 0. The van der Waals surface area contributed by atoms with Crippen molar-refractivity contribution in [2.24, 2.45) is 0 Å². The quantitative estimate of drug-likeness (QED) is 0.944. The van der Waals surface area contributed by atoms with Crippen LogP contribution in [0.1, 0.15) is 16.1 Å². The molecule has 0 fully saturated rings. The van der Waals surface area contributed by atoms with Crippen LogP contribution in [0.25, 0.3) is 0 Å². The van der Waals surface area contributed by atoms with Crippen LogP contribution in [-0.2, 0) is 6.54 Å². The molecular formula is C12H8BrF2NO2. The summed E-state index contributed by atoms with van der Waals surface area (Å²) in [6.45, 7) is 0.0702. The third-order valence-corrected chi connectivity index (χ3v) is 2.70. The van der Waals surface area contributed by atoms with Crippen molar-refractivity contribution in [2.75, 3.05) is 0 Å². The smallest absolute Gasteiger partial charge is 0.257 e. The van der Waals surface area contributed by atoms with E-state index in [2.05, 4.69) is 21.2 Å². The first-order valence-corrected chi connectivity index (χ1v) is 5.82. The minimum Gasteiger partial charge on any atom is -0.467 e. The summed E-state index contributed by atoms with van der Waals surface area (Å²) in [6.07, 6.45) is 1.45. The molecule has 3 nitrogen and oxygen atoms in total. The number of carbonyl (C=O) groups excluding carboxylic acids is 1. The fourth-order valence-electron chi connectivity index (χ4n) is 1.43. The van der Waals surface area contributed by atoms with Crippen molar-refractivity contribution < 1.29 is 18.0 Å². The molecule has 1 heterocycles. The zero-order valence-corrected chi connectivity index (χ0v) is 10.6. The molecule has 0 saturated heterocycles. The van der Waals surface area contributed by atoms with E-state index in [1.807, 2.05) is 0 Å². The molecule has 1 amide bonds. The van der Waals surface area contributed by atoms with Gasteiger partial charge in [0.15, 0.2) is 0 Å². The van der Waals surface area contributed by atoms with E-state index in [0.29, 0.717) is 5.76 Å². The zero-order valence-electron chi connectivity index (χ0n) is 9.04. The predicted octanol–water partition coefficient (Wildman–Crippen LogP) is 3.25. The molecule has 0 radical (unpaired) electrons. The van der Waals surface area contributed by atoms with Crippen LogP contribution < -0.4 is 5.32 Å². The van der Waals surface area contributed by atoms with Gasteiger partial charge < -0.3 is 9.73 Å². The number of benzene rings is 1. The van der Waals surface area contributed by atoms with E-state index in [-0.39, 0.29) is 11.0 Å². The number of amides is 1. The number of hydrogen-bond acceptors (Lipinski definition) is 2. The third kappa shape index (κ3) is 2.76. The Balaban J connectivity index is 2.14. The van der Waals surface area contributed by atoms with E-state index in [1.54, 1.807) is 12.1 Å². The minimum absolute atomic E-state index is 0.0702. The van der Waals surface area contributed by atoms with Crippen molar-refractivity contribution in [3.8, 4) is 0 Å². The number of hydrogen-bond donors (Lipinski definition) is 1. The van der Waals surface area contributed by atoms with Crippen LogP contribution in [0.2, 0.25) is 0 Å². The summed E-state index contributed by atoms with van der Waals surface area (Å²) < 4.78 is 32.2. The maximum absolute atomic E-state index is 13.5. The van der Waals surface area contributed by atoms with Gasteiger partial charge in [-0.3, -0.25) is 4.79 Å². The molecule has 0 unspecified atom stereocenters. The molecule has 0 aliphatic carbocycles. The van der Waals surface area contributed by atoms with Gasteiger partial charge in [0, 0.05) is 4.47 Å². The standard InChI is InChI=1S/C12H8BrF2NO2/c13-7-4-9(14)11(10(15)5-7)12(17)16-6-8-2-1-3-18-8/h1-5H,6H2,(H,16,17). The van der Waals surface area contributed by atoms with Gasteiger partial charge >= 0.3 is 0 Å². The van der Waals surface area contributed by atoms with Crippen molar-refractivity contribution in [2.45, 2.75) is 6.54 Å². The Morgan fingerprint density at radius 3 is 2.56 bits per heavy atom. The molecule has 1 aromatic carbocycles. The molecule has 1 N–H and O–H groups in total. The Hall–Kier alpha value is -1.69. The van der Waals surface area contributed by atoms with Gasteiger partial charge in [-0.05, 0) is 24.3 Å². The molecule has 2 aromatic rings. The second-order valence-electron chi connectivity index (χ2n) is 3.51. The van der Waals surface area contributed by atoms with Gasteiger partial charge in [-0.15, -0.1) is 0 Å².